The Morgan fingerprint density at radius 3 is 1.97 bits per heavy atom. The summed E-state index contributed by atoms with van der Waals surface area (Å²) in [5.41, 5.74) is -0.278. The summed E-state index contributed by atoms with van der Waals surface area (Å²) in [4.78, 5) is 7.91. The van der Waals surface area contributed by atoms with Crippen molar-refractivity contribution >= 4 is 11.6 Å². The lowest BCUT2D eigenvalue weighted by atomic mass is 9.98. The molecular formula is C23H28F3N3O2. The lowest BCUT2D eigenvalue weighted by Gasteiger charge is -2.24. The van der Waals surface area contributed by atoms with E-state index in [0.29, 0.717) is 5.69 Å². The van der Waals surface area contributed by atoms with Gasteiger partial charge in [0.15, 0.2) is 0 Å². The van der Waals surface area contributed by atoms with Crippen molar-refractivity contribution in [2.24, 2.45) is 0 Å². The number of hydrogen-bond donors (Lipinski definition) is 1. The SMILES string of the molecule is FC(F)(F)c1cnc(Nc2ccc(OC3CCCCC3)cc2)nc1OC1CCCCC1. The van der Waals surface area contributed by atoms with Crippen LogP contribution in [-0.2, 0) is 6.18 Å². The maximum absolute atomic E-state index is 13.4. The average Bonchev–Trinajstić information content (AvgIpc) is 2.76. The van der Waals surface area contributed by atoms with Gasteiger partial charge in [0.05, 0.1) is 6.10 Å². The Kier molecular flexibility index (Phi) is 6.83. The zero-order chi connectivity index (χ0) is 21.7. The molecule has 2 fully saturated rings. The molecule has 4 rings (SSSR count). The van der Waals surface area contributed by atoms with E-state index in [1.807, 2.05) is 12.1 Å². The highest BCUT2D eigenvalue weighted by atomic mass is 19.4. The van der Waals surface area contributed by atoms with Crippen molar-refractivity contribution in [3.63, 3.8) is 0 Å². The second-order valence-electron chi connectivity index (χ2n) is 8.32. The predicted molar refractivity (Wildman–Crippen MR) is 112 cm³/mol. The Bertz CT molecular complexity index is 846. The molecule has 1 aromatic carbocycles. The van der Waals surface area contributed by atoms with E-state index in [9.17, 15) is 13.2 Å². The molecule has 1 N–H and O–H groups in total. The quantitative estimate of drug-likeness (QED) is 0.550. The highest BCUT2D eigenvalue weighted by molar-refractivity contribution is 5.55. The van der Waals surface area contributed by atoms with Gasteiger partial charge in [-0.25, -0.2) is 4.98 Å². The lowest BCUT2D eigenvalue weighted by molar-refractivity contribution is -0.140. The smallest absolute Gasteiger partial charge is 0.423 e. The summed E-state index contributed by atoms with van der Waals surface area (Å²) in [7, 11) is 0. The number of rotatable bonds is 6. The van der Waals surface area contributed by atoms with Gasteiger partial charge in [-0.3, -0.25) is 0 Å². The van der Waals surface area contributed by atoms with E-state index in [-0.39, 0.29) is 18.2 Å². The number of alkyl halides is 3. The molecule has 31 heavy (non-hydrogen) atoms. The molecule has 2 aliphatic rings. The molecule has 2 aliphatic carbocycles. The summed E-state index contributed by atoms with van der Waals surface area (Å²) in [5.74, 6) is 0.445. The van der Waals surface area contributed by atoms with Gasteiger partial charge in [0.1, 0.15) is 17.4 Å². The van der Waals surface area contributed by atoms with Gasteiger partial charge < -0.3 is 14.8 Å². The van der Waals surface area contributed by atoms with Gasteiger partial charge in [-0.2, -0.15) is 18.2 Å². The zero-order valence-electron chi connectivity index (χ0n) is 17.5. The van der Waals surface area contributed by atoms with Crippen molar-refractivity contribution < 1.29 is 22.6 Å². The van der Waals surface area contributed by atoms with Crippen molar-refractivity contribution in [2.75, 3.05) is 5.32 Å². The topological polar surface area (TPSA) is 56.3 Å². The van der Waals surface area contributed by atoms with Gasteiger partial charge in [0.25, 0.3) is 0 Å². The highest BCUT2D eigenvalue weighted by Gasteiger charge is 2.37. The fourth-order valence-electron chi connectivity index (χ4n) is 4.17. The number of nitrogens with one attached hydrogen (secondary N) is 1. The van der Waals surface area contributed by atoms with Crippen molar-refractivity contribution in [1.29, 1.82) is 0 Å². The minimum absolute atomic E-state index is 0.0692. The number of benzene rings is 1. The number of nitrogens with zero attached hydrogens (tertiary/aromatic N) is 2. The van der Waals surface area contributed by atoms with Gasteiger partial charge in [-0.15, -0.1) is 0 Å². The maximum Gasteiger partial charge on any atom is 0.423 e. The van der Waals surface area contributed by atoms with E-state index in [2.05, 4.69) is 15.3 Å². The van der Waals surface area contributed by atoms with Crippen LogP contribution in [-0.4, -0.2) is 22.2 Å². The van der Waals surface area contributed by atoms with Gasteiger partial charge in [-0.05, 0) is 75.6 Å². The van der Waals surface area contributed by atoms with E-state index in [1.165, 1.54) is 19.3 Å². The molecule has 1 heterocycles. The van der Waals surface area contributed by atoms with E-state index < -0.39 is 17.6 Å². The summed E-state index contributed by atoms with van der Waals surface area (Å²) in [5, 5.41) is 2.97. The molecule has 5 nitrogen and oxygen atoms in total. The average molecular weight is 435 g/mol. The van der Waals surface area contributed by atoms with E-state index in [4.69, 9.17) is 9.47 Å². The van der Waals surface area contributed by atoms with Crippen LogP contribution in [0.4, 0.5) is 24.8 Å². The van der Waals surface area contributed by atoms with Gasteiger partial charge >= 0.3 is 6.18 Å². The Morgan fingerprint density at radius 1 is 0.806 bits per heavy atom. The summed E-state index contributed by atoms with van der Waals surface area (Å²) in [6, 6.07) is 7.31. The summed E-state index contributed by atoms with van der Waals surface area (Å²) in [6.07, 6.45) is 6.52. The van der Waals surface area contributed by atoms with Crippen molar-refractivity contribution in [2.45, 2.75) is 82.6 Å². The zero-order valence-corrected chi connectivity index (χ0v) is 17.5. The van der Waals surface area contributed by atoms with Crippen LogP contribution in [0.5, 0.6) is 11.6 Å². The van der Waals surface area contributed by atoms with Crippen LogP contribution in [0.1, 0.15) is 69.8 Å². The highest BCUT2D eigenvalue weighted by Crippen LogP contribution is 2.37. The molecule has 8 heteroatoms. The van der Waals surface area contributed by atoms with Crippen LogP contribution >= 0.6 is 0 Å². The lowest BCUT2D eigenvalue weighted by Crippen LogP contribution is -2.22. The summed E-state index contributed by atoms with van der Waals surface area (Å²) < 4.78 is 51.9. The first-order valence-corrected chi connectivity index (χ1v) is 11.1. The second kappa shape index (κ2) is 9.75. The Hall–Kier alpha value is -2.51. The van der Waals surface area contributed by atoms with E-state index in [0.717, 1.165) is 56.9 Å². The van der Waals surface area contributed by atoms with Gasteiger partial charge in [0, 0.05) is 11.9 Å². The molecule has 2 aromatic rings. The normalized spacial score (nSPS) is 18.5. The summed E-state index contributed by atoms with van der Waals surface area (Å²) >= 11 is 0. The molecule has 0 unspecified atom stereocenters. The third-order valence-electron chi connectivity index (χ3n) is 5.86. The van der Waals surface area contributed by atoms with E-state index >= 15 is 0 Å². The second-order valence-corrected chi connectivity index (χ2v) is 8.32. The predicted octanol–water partition coefficient (Wildman–Crippen LogP) is 6.66. The molecule has 0 aliphatic heterocycles. The third kappa shape index (κ3) is 6.02. The van der Waals surface area contributed by atoms with Crippen LogP contribution in [0.25, 0.3) is 0 Å². The Labute approximate surface area is 180 Å². The molecule has 2 saturated carbocycles. The maximum atomic E-state index is 13.4. The van der Waals surface area contributed by atoms with E-state index in [1.54, 1.807) is 12.1 Å². The Balaban J connectivity index is 1.45. The largest absolute Gasteiger partial charge is 0.490 e. The first-order chi connectivity index (χ1) is 15.0. The number of anilines is 2. The molecule has 0 radical (unpaired) electrons. The number of aromatic nitrogens is 2. The number of hydrogen-bond acceptors (Lipinski definition) is 5. The van der Waals surface area contributed by atoms with Crippen LogP contribution in [0, 0.1) is 0 Å². The third-order valence-corrected chi connectivity index (χ3v) is 5.86. The summed E-state index contributed by atoms with van der Waals surface area (Å²) in [6.45, 7) is 0. The van der Waals surface area contributed by atoms with Crippen LogP contribution in [0.3, 0.4) is 0 Å². The van der Waals surface area contributed by atoms with Crippen molar-refractivity contribution in [3.05, 3.63) is 36.0 Å². The first kappa shape index (κ1) is 21.7. The van der Waals surface area contributed by atoms with Gasteiger partial charge in [-0.1, -0.05) is 12.8 Å². The molecule has 0 amide bonds. The van der Waals surface area contributed by atoms with Crippen LogP contribution in [0.15, 0.2) is 30.5 Å². The number of ether oxygens (including phenoxy) is 2. The van der Waals surface area contributed by atoms with Crippen molar-refractivity contribution in [3.8, 4) is 11.6 Å². The minimum Gasteiger partial charge on any atom is -0.490 e. The molecule has 168 valence electrons. The van der Waals surface area contributed by atoms with Crippen LogP contribution in [0.2, 0.25) is 0 Å². The Morgan fingerprint density at radius 2 is 1.39 bits per heavy atom. The minimum atomic E-state index is -4.57. The first-order valence-electron chi connectivity index (χ1n) is 11.1. The van der Waals surface area contributed by atoms with Gasteiger partial charge in [0.2, 0.25) is 11.8 Å². The molecular weight excluding hydrogens is 407 g/mol. The monoisotopic (exact) mass is 435 g/mol. The molecule has 0 spiro atoms. The number of halogens is 3. The molecule has 0 atom stereocenters. The fourth-order valence-corrected chi connectivity index (χ4v) is 4.17. The van der Waals surface area contributed by atoms with Crippen molar-refractivity contribution in [1.82, 2.24) is 9.97 Å². The van der Waals surface area contributed by atoms with Crippen LogP contribution < -0.4 is 14.8 Å². The molecule has 0 saturated heterocycles. The fraction of sp³-hybridized carbons (Fsp3) is 0.565. The standard InChI is InChI=1S/C23H28F3N3O2/c24-23(25,26)20-15-27-22(29-21(20)31-18-9-5-2-6-10-18)28-16-11-13-19(14-12-16)30-17-7-3-1-4-8-17/h11-15,17-18H,1-10H2,(H,27,28,29). The molecule has 0 bridgehead atoms. The molecule has 1 aromatic heterocycles.